The van der Waals surface area contributed by atoms with Crippen LogP contribution in [0.5, 0.6) is 0 Å². The zero-order chi connectivity index (χ0) is 21.2. The van der Waals surface area contributed by atoms with E-state index in [1.165, 1.54) is 5.56 Å². The molecule has 1 aliphatic rings. The highest BCUT2D eigenvalue weighted by atomic mass is 79.9. The van der Waals surface area contributed by atoms with Gasteiger partial charge in [-0.15, -0.1) is 0 Å². The minimum Gasteiger partial charge on any atom is -0.309 e. The largest absolute Gasteiger partial charge is 0.309 e. The van der Waals surface area contributed by atoms with Gasteiger partial charge in [-0.05, 0) is 67.1 Å². The van der Waals surface area contributed by atoms with Crippen molar-refractivity contribution in [2.45, 2.75) is 51.0 Å². The van der Waals surface area contributed by atoms with Crippen LogP contribution in [0, 0.1) is 5.92 Å². The van der Waals surface area contributed by atoms with Gasteiger partial charge in [0, 0.05) is 29.2 Å². The van der Waals surface area contributed by atoms with Crippen molar-refractivity contribution in [2.24, 2.45) is 5.92 Å². The van der Waals surface area contributed by atoms with Gasteiger partial charge in [0.05, 0.1) is 4.90 Å². The van der Waals surface area contributed by atoms with E-state index in [2.05, 4.69) is 33.6 Å². The number of nitrogens with one attached hydrogen (secondary N) is 1. The van der Waals surface area contributed by atoms with E-state index in [0.717, 1.165) is 22.1 Å². The number of hydrogen-bond acceptors (Lipinski definition) is 3. The number of anilines is 1. The Labute approximate surface area is 181 Å². The van der Waals surface area contributed by atoms with Gasteiger partial charge >= 0.3 is 0 Å². The van der Waals surface area contributed by atoms with Crippen molar-refractivity contribution >= 4 is 37.5 Å². The highest BCUT2D eigenvalue weighted by Gasteiger charge is 2.30. The van der Waals surface area contributed by atoms with E-state index in [1.807, 2.05) is 30.9 Å². The van der Waals surface area contributed by atoms with E-state index < -0.39 is 10.0 Å². The molecular formula is C22H27BrN2O3S. The van der Waals surface area contributed by atoms with Crippen molar-refractivity contribution in [1.82, 2.24) is 4.72 Å². The molecule has 2 aromatic rings. The lowest BCUT2D eigenvalue weighted by Gasteiger charge is -2.23. The maximum atomic E-state index is 12.9. The molecule has 1 unspecified atom stereocenters. The topological polar surface area (TPSA) is 66.5 Å². The van der Waals surface area contributed by atoms with Gasteiger partial charge < -0.3 is 4.90 Å². The number of rotatable bonds is 7. The zero-order valence-corrected chi connectivity index (χ0v) is 19.4. The summed E-state index contributed by atoms with van der Waals surface area (Å²) in [5.74, 6) is 0.336. The number of fused-ring (bicyclic) bond motifs is 1. The Bertz CT molecular complexity index is 988. The molecule has 29 heavy (non-hydrogen) atoms. The van der Waals surface area contributed by atoms with Crippen LogP contribution in [0.15, 0.2) is 51.8 Å². The zero-order valence-electron chi connectivity index (χ0n) is 17.0. The number of aryl methyl sites for hydroxylation is 1. The Morgan fingerprint density at radius 1 is 1.21 bits per heavy atom. The van der Waals surface area contributed by atoms with Crippen molar-refractivity contribution < 1.29 is 13.2 Å². The van der Waals surface area contributed by atoms with Crippen molar-refractivity contribution in [3.63, 3.8) is 0 Å². The Hall–Kier alpha value is -1.70. The maximum absolute atomic E-state index is 12.9. The fourth-order valence-electron chi connectivity index (χ4n) is 3.55. The highest BCUT2D eigenvalue weighted by Crippen LogP contribution is 2.34. The van der Waals surface area contributed by atoms with Crippen LogP contribution >= 0.6 is 15.9 Å². The van der Waals surface area contributed by atoms with Crippen LogP contribution in [0.1, 0.15) is 38.3 Å². The quantitative estimate of drug-likeness (QED) is 0.644. The third kappa shape index (κ3) is 5.27. The van der Waals surface area contributed by atoms with Crippen molar-refractivity contribution in [1.29, 1.82) is 0 Å². The van der Waals surface area contributed by atoms with Crippen LogP contribution in [0.25, 0.3) is 0 Å². The number of benzene rings is 2. The van der Waals surface area contributed by atoms with Crippen LogP contribution in [0.4, 0.5) is 5.69 Å². The average molecular weight is 479 g/mol. The summed E-state index contributed by atoms with van der Waals surface area (Å²) in [7, 11) is -3.49. The molecule has 3 rings (SSSR count). The van der Waals surface area contributed by atoms with Gasteiger partial charge in [0.2, 0.25) is 15.9 Å². The smallest absolute Gasteiger partial charge is 0.240 e. The number of sulfonamides is 1. The second-order valence-corrected chi connectivity index (χ2v) is 10.7. The monoisotopic (exact) mass is 478 g/mol. The van der Waals surface area contributed by atoms with Crippen LogP contribution in [-0.4, -0.2) is 26.9 Å². The Balaban J connectivity index is 1.63. The number of carbonyl (C=O) groups excluding carboxylic acids is 1. The number of hydrogen-bond donors (Lipinski definition) is 1. The lowest BCUT2D eigenvalue weighted by Crippen LogP contribution is -2.35. The number of amides is 1. The van der Waals surface area contributed by atoms with Crippen LogP contribution in [0.3, 0.4) is 0 Å². The summed E-state index contributed by atoms with van der Waals surface area (Å²) >= 11 is 3.49. The minimum absolute atomic E-state index is 0.0915. The molecule has 1 aliphatic heterocycles. The third-order valence-corrected chi connectivity index (χ3v) is 7.00. The summed E-state index contributed by atoms with van der Waals surface area (Å²) in [6.07, 6.45) is 1.82. The normalized spacial score (nSPS) is 16.3. The van der Waals surface area contributed by atoms with E-state index in [0.29, 0.717) is 19.4 Å². The van der Waals surface area contributed by atoms with Gasteiger partial charge in [0.15, 0.2) is 0 Å². The highest BCUT2D eigenvalue weighted by molar-refractivity contribution is 9.10. The van der Waals surface area contributed by atoms with E-state index in [1.54, 1.807) is 24.3 Å². The molecule has 0 saturated carbocycles. The average Bonchev–Trinajstić information content (AvgIpc) is 2.99. The summed E-state index contributed by atoms with van der Waals surface area (Å²) in [6.45, 7) is 6.39. The Kier molecular flexibility index (Phi) is 6.81. The molecule has 0 radical (unpaired) electrons. The van der Waals surface area contributed by atoms with E-state index in [-0.39, 0.29) is 22.8 Å². The second-order valence-electron chi connectivity index (χ2n) is 7.98. The molecular weight excluding hydrogens is 452 g/mol. The number of carbonyl (C=O) groups is 1. The lowest BCUT2D eigenvalue weighted by atomic mass is 10.1. The van der Waals surface area contributed by atoms with E-state index >= 15 is 0 Å². The van der Waals surface area contributed by atoms with Crippen molar-refractivity contribution in [3.05, 3.63) is 58.1 Å². The molecule has 7 heteroatoms. The molecule has 2 aromatic carbocycles. The lowest BCUT2D eigenvalue weighted by molar-refractivity contribution is -0.118. The molecule has 5 nitrogen and oxygen atoms in total. The van der Waals surface area contributed by atoms with Gasteiger partial charge in [-0.1, -0.05) is 41.9 Å². The first-order valence-electron chi connectivity index (χ1n) is 9.86. The first-order chi connectivity index (χ1) is 13.7. The number of halogens is 1. The van der Waals surface area contributed by atoms with Gasteiger partial charge in [-0.3, -0.25) is 4.79 Å². The van der Waals surface area contributed by atoms with Gasteiger partial charge in [-0.2, -0.15) is 0 Å². The second kappa shape index (κ2) is 8.98. The Morgan fingerprint density at radius 2 is 1.90 bits per heavy atom. The predicted octanol–water partition coefficient (Wildman–Crippen LogP) is 4.29. The van der Waals surface area contributed by atoms with Crippen molar-refractivity contribution in [2.75, 3.05) is 11.4 Å². The molecule has 1 amide bonds. The molecule has 0 aromatic heterocycles. The molecule has 0 bridgehead atoms. The fourth-order valence-corrected chi connectivity index (χ4v) is 5.17. The van der Waals surface area contributed by atoms with E-state index in [9.17, 15) is 13.2 Å². The number of nitrogens with zero attached hydrogens (tertiary/aromatic N) is 1. The summed E-state index contributed by atoms with van der Waals surface area (Å²) < 4.78 is 28.2. The summed E-state index contributed by atoms with van der Waals surface area (Å²) in [5.41, 5.74) is 3.12. The minimum atomic E-state index is -3.49. The molecule has 0 aliphatic carbocycles. The summed E-state index contributed by atoms with van der Waals surface area (Å²) in [5, 5.41) is 0. The standard InChI is InChI=1S/C22H27BrN2O3S/c1-15(2)14-24-29(27,28)20-8-4-17(5-9-20)6-11-22(26)25-16(3)12-18-13-19(23)7-10-21(18)25/h4-5,7-10,13,15-16,24H,6,11-12,14H2,1-3H3. The maximum Gasteiger partial charge on any atom is 0.240 e. The van der Waals surface area contributed by atoms with Crippen LogP contribution in [0.2, 0.25) is 0 Å². The van der Waals surface area contributed by atoms with Gasteiger partial charge in [0.25, 0.3) is 0 Å². The van der Waals surface area contributed by atoms with Crippen LogP contribution in [-0.2, 0) is 27.7 Å². The van der Waals surface area contributed by atoms with E-state index in [4.69, 9.17) is 0 Å². The molecule has 1 atom stereocenters. The van der Waals surface area contributed by atoms with Gasteiger partial charge in [0.1, 0.15) is 0 Å². The fraction of sp³-hybridized carbons (Fsp3) is 0.409. The summed E-state index contributed by atoms with van der Waals surface area (Å²) in [4.78, 5) is 15.0. The first-order valence-corrected chi connectivity index (χ1v) is 12.1. The molecule has 1 N–H and O–H groups in total. The van der Waals surface area contributed by atoms with Gasteiger partial charge in [-0.25, -0.2) is 13.1 Å². The van der Waals surface area contributed by atoms with Crippen molar-refractivity contribution in [3.8, 4) is 0 Å². The molecule has 0 saturated heterocycles. The Morgan fingerprint density at radius 3 is 2.55 bits per heavy atom. The molecule has 156 valence electrons. The van der Waals surface area contributed by atoms with Crippen LogP contribution < -0.4 is 9.62 Å². The first kappa shape index (κ1) is 22.0. The molecule has 1 heterocycles. The molecule has 0 fully saturated rings. The SMILES string of the molecule is CC(C)CNS(=O)(=O)c1ccc(CCC(=O)N2c3ccc(Br)cc3CC2C)cc1. The summed E-state index contributed by atoms with van der Waals surface area (Å²) in [6, 6.07) is 13.0. The predicted molar refractivity (Wildman–Crippen MR) is 120 cm³/mol. The molecule has 0 spiro atoms. The third-order valence-electron chi connectivity index (χ3n) is 5.07.